The Morgan fingerprint density at radius 1 is 1.03 bits per heavy atom. The molecule has 1 amide bonds. The number of anilines is 2. The summed E-state index contributed by atoms with van der Waals surface area (Å²) in [5.74, 6) is -0.687. The predicted molar refractivity (Wildman–Crippen MR) is 119 cm³/mol. The number of para-hydroxylation sites is 1. The van der Waals surface area contributed by atoms with Gasteiger partial charge in [0.2, 0.25) is 5.91 Å². The molecule has 0 saturated carbocycles. The smallest absolute Gasteiger partial charge is 0.339 e. The number of carbonyl (C=O) groups is 2. The second-order valence-electron chi connectivity index (χ2n) is 5.94. The van der Waals surface area contributed by atoms with E-state index in [9.17, 15) is 18.0 Å². The number of nitrogens with one attached hydrogen (secondary N) is 2. The zero-order valence-corrected chi connectivity index (χ0v) is 18.3. The number of amides is 1. The summed E-state index contributed by atoms with van der Waals surface area (Å²) >= 11 is 2.43. The van der Waals surface area contributed by atoms with Crippen molar-refractivity contribution in [2.45, 2.75) is 9.10 Å². The molecule has 3 rings (SSSR count). The Kier molecular flexibility index (Phi) is 7.14. The van der Waals surface area contributed by atoms with Crippen molar-refractivity contribution in [3.05, 3.63) is 71.6 Å². The van der Waals surface area contributed by atoms with Crippen molar-refractivity contribution in [2.75, 3.05) is 22.9 Å². The van der Waals surface area contributed by atoms with E-state index >= 15 is 0 Å². The monoisotopic (exact) mass is 462 g/mol. The largest absolute Gasteiger partial charge is 0.465 e. The lowest BCUT2D eigenvalue weighted by Crippen LogP contribution is -2.17. The molecule has 3 aromatic rings. The Hall–Kier alpha value is -2.82. The molecule has 0 bridgehead atoms. The minimum Gasteiger partial charge on any atom is -0.465 e. The van der Waals surface area contributed by atoms with Gasteiger partial charge in [0.15, 0.2) is 0 Å². The maximum atomic E-state index is 12.3. The van der Waals surface area contributed by atoms with Crippen molar-refractivity contribution in [1.29, 1.82) is 0 Å². The van der Waals surface area contributed by atoms with Crippen LogP contribution in [0.3, 0.4) is 0 Å². The Labute approximate surface area is 182 Å². The van der Waals surface area contributed by atoms with Crippen molar-refractivity contribution in [3.8, 4) is 0 Å². The van der Waals surface area contributed by atoms with Gasteiger partial charge in [0.1, 0.15) is 4.21 Å². The fourth-order valence-electron chi connectivity index (χ4n) is 2.46. The lowest BCUT2D eigenvalue weighted by molar-refractivity contribution is -0.113. The van der Waals surface area contributed by atoms with E-state index in [2.05, 4.69) is 10.0 Å². The quantitative estimate of drug-likeness (QED) is 0.387. The molecule has 0 radical (unpaired) electrons. The molecule has 156 valence electrons. The number of sulfonamides is 1. The summed E-state index contributed by atoms with van der Waals surface area (Å²) in [4.78, 5) is 24.8. The van der Waals surface area contributed by atoms with Crippen LogP contribution in [0, 0.1) is 0 Å². The first kappa shape index (κ1) is 21.9. The lowest BCUT2D eigenvalue weighted by Gasteiger charge is -2.10. The van der Waals surface area contributed by atoms with Crippen molar-refractivity contribution in [3.63, 3.8) is 0 Å². The molecule has 0 atom stereocenters. The molecule has 0 aliphatic rings. The third kappa shape index (κ3) is 5.62. The number of rotatable bonds is 8. The van der Waals surface area contributed by atoms with Crippen LogP contribution in [0.2, 0.25) is 0 Å². The topological polar surface area (TPSA) is 102 Å². The molecule has 2 aromatic carbocycles. The van der Waals surface area contributed by atoms with Gasteiger partial charge in [0, 0.05) is 10.6 Å². The normalized spacial score (nSPS) is 11.0. The highest BCUT2D eigenvalue weighted by Gasteiger charge is 2.15. The van der Waals surface area contributed by atoms with Crippen LogP contribution in [0.4, 0.5) is 11.4 Å². The van der Waals surface area contributed by atoms with E-state index in [0.29, 0.717) is 11.4 Å². The van der Waals surface area contributed by atoms with Gasteiger partial charge in [-0.2, -0.15) is 0 Å². The molecule has 2 N–H and O–H groups in total. The van der Waals surface area contributed by atoms with Crippen LogP contribution in [-0.2, 0) is 19.6 Å². The molecule has 0 saturated heterocycles. The first-order valence-electron chi connectivity index (χ1n) is 8.65. The van der Waals surface area contributed by atoms with E-state index in [0.717, 1.165) is 16.2 Å². The zero-order valence-electron chi connectivity index (χ0n) is 15.8. The maximum Gasteiger partial charge on any atom is 0.339 e. The van der Waals surface area contributed by atoms with Gasteiger partial charge in [0.25, 0.3) is 10.0 Å². The van der Waals surface area contributed by atoms with Crippen molar-refractivity contribution in [1.82, 2.24) is 0 Å². The average molecular weight is 463 g/mol. The number of benzene rings is 2. The highest BCUT2D eigenvalue weighted by atomic mass is 32.2. The molecule has 30 heavy (non-hydrogen) atoms. The summed E-state index contributed by atoms with van der Waals surface area (Å²) in [6, 6.07) is 16.5. The van der Waals surface area contributed by atoms with Gasteiger partial charge in [-0.3, -0.25) is 9.52 Å². The SMILES string of the molecule is COC(=O)c1ccccc1NC(=O)CSc1ccc(NS(=O)(=O)c2cccs2)cc1. The molecular formula is C20H18N2O5S3. The minimum absolute atomic E-state index is 0.121. The van der Waals surface area contributed by atoms with E-state index in [-0.39, 0.29) is 21.4 Å². The van der Waals surface area contributed by atoms with E-state index in [4.69, 9.17) is 4.74 Å². The van der Waals surface area contributed by atoms with E-state index in [1.54, 1.807) is 60.0 Å². The molecule has 0 fully saturated rings. The van der Waals surface area contributed by atoms with E-state index in [1.807, 2.05) is 0 Å². The molecule has 7 nitrogen and oxygen atoms in total. The summed E-state index contributed by atoms with van der Waals surface area (Å²) in [7, 11) is -2.32. The summed E-state index contributed by atoms with van der Waals surface area (Å²) in [5.41, 5.74) is 1.10. The van der Waals surface area contributed by atoms with Crippen LogP contribution in [0.5, 0.6) is 0 Å². The third-order valence-electron chi connectivity index (χ3n) is 3.84. The van der Waals surface area contributed by atoms with Crippen LogP contribution in [0.15, 0.2) is 75.1 Å². The predicted octanol–water partition coefficient (Wildman–Crippen LogP) is 4.07. The van der Waals surface area contributed by atoms with Crippen molar-refractivity contribution in [2.24, 2.45) is 0 Å². The van der Waals surface area contributed by atoms with Gasteiger partial charge in [-0.15, -0.1) is 23.1 Å². The summed E-state index contributed by atoms with van der Waals surface area (Å²) in [5, 5.41) is 4.40. The lowest BCUT2D eigenvalue weighted by atomic mass is 10.2. The van der Waals surface area contributed by atoms with Gasteiger partial charge < -0.3 is 10.1 Å². The molecule has 10 heteroatoms. The van der Waals surface area contributed by atoms with Crippen LogP contribution in [0.25, 0.3) is 0 Å². The fraction of sp³-hybridized carbons (Fsp3) is 0.100. The second kappa shape index (κ2) is 9.79. The number of hydrogen-bond acceptors (Lipinski definition) is 7. The summed E-state index contributed by atoms with van der Waals surface area (Å²) < 4.78 is 32.0. The molecule has 1 heterocycles. The van der Waals surface area contributed by atoms with E-state index < -0.39 is 16.0 Å². The van der Waals surface area contributed by atoms with Gasteiger partial charge in [0.05, 0.1) is 24.1 Å². The third-order valence-corrected chi connectivity index (χ3v) is 7.63. The summed E-state index contributed by atoms with van der Waals surface area (Å²) in [6.45, 7) is 0. The highest BCUT2D eigenvalue weighted by molar-refractivity contribution is 8.00. The maximum absolute atomic E-state index is 12.3. The number of methoxy groups -OCH3 is 1. The van der Waals surface area contributed by atoms with Gasteiger partial charge >= 0.3 is 5.97 Å². The minimum atomic E-state index is -3.60. The van der Waals surface area contributed by atoms with Crippen LogP contribution >= 0.6 is 23.1 Å². The fourth-order valence-corrected chi connectivity index (χ4v) is 5.21. The van der Waals surface area contributed by atoms with Crippen molar-refractivity contribution >= 4 is 56.4 Å². The molecule has 0 unspecified atom stereocenters. The Bertz CT molecular complexity index is 1130. The van der Waals surface area contributed by atoms with Gasteiger partial charge in [-0.1, -0.05) is 18.2 Å². The van der Waals surface area contributed by atoms with Gasteiger partial charge in [-0.05, 0) is 47.8 Å². The number of thiophene rings is 1. The number of esters is 1. The second-order valence-corrected chi connectivity index (χ2v) is 9.84. The van der Waals surface area contributed by atoms with Crippen molar-refractivity contribution < 1.29 is 22.7 Å². The Balaban J connectivity index is 1.57. The Morgan fingerprint density at radius 2 is 1.77 bits per heavy atom. The number of thioether (sulfide) groups is 1. The highest BCUT2D eigenvalue weighted by Crippen LogP contribution is 2.24. The molecule has 0 aliphatic heterocycles. The van der Waals surface area contributed by atoms with Gasteiger partial charge in [-0.25, -0.2) is 13.2 Å². The first-order valence-corrected chi connectivity index (χ1v) is 12.0. The Morgan fingerprint density at radius 3 is 2.43 bits per heavy atom. The number of carbonyl (C=O) groups excluding carboxylic acids is 2. The van der Waals surface area contributed by atoms with Crippen LogP contribution < -0.4 is 10.0 Å². The standard InChI is InChI=1S/C20H18N2O5S3/c1-27-20(24)16-5-2-3-6-17(16)21-18(23)13-29-15-10-8-14(9-11-15)22-30(25,26)19-7-4-12-28-19/h2-12,22H,13H2,1H3,(H,21,23). The molecular weight excluding hydrogens is 444 g/mol. The van der Waals surface area contributed by atoms with E-state index in [1.165, 1.54) is 24.9 Å². The zero-order chi connectivity index (χ0) is 21.6. The van der Waals surface area contributed by atoms with Crippen LogP contribution in [0.1, 0.15) is 10.4 Å². The summed E-state index contributed by atoms with van der Waals surface area (Å²) in [6.07, 6.45) is 0. The molecule has 0 aliphatic carbocycles. The number of hydrogen-bond donors (Lipinski definition) is 2. The molecule has 0 spiro atoms. The van der Waals surface area contributed by atoms with Crippen LogP contribution in [-0.4, -0.2) is 33.2 Å². The number of ether oxygens (including phenoxy) is 1. The average Bonchev–Trinajstić information content (AvgIpc) is 3.29. The first-order chi connectivity index (χ1) is 14.4. The molecule has 1 aromatic heterocycles.